The van der Waals surface area contributed by atoms with Crippen molar-refractivity contribution >= 4 is 23.8 Å². The van der Waals surface area contributed by atoms with Crippen LogP contribution in [-0.4, -0.2) is 46.9 Å². The van der Waals surface area contributed by atoms with Crippen LogP contribution in [0.3, 0.4) is 0 Å². The number of benzene rings is 2. The first kappa shape index (κ1) is 30.8. The Morgan fingerprint density at radius 3 is 2.33 bits per heavy atom. The lowest BCUT2D eigenvalue weighted by molar-refractivity contribution is -0.142. The molecule has 39 heavy (non-hydrogen) atoms. The molecular weight excluding hydrogens is 498 g/mol. The zero-order valence-corrected chi connectivity index (χ0v) is 23.1. The molecule has 0 aliphatic carbocycles. The monoisotopic (exact) mass is 535 g/mol. The molecule has 0 aromatic heterocycles. The third-order valence-electron chi connectivity index (χ3n) is 5.79. The lowest BCUT2D eigenvalue weighted by Gasteiger charge is -2.33. The van der Waals surface area contributed by atoms with Crippen molar-refractivity contribution in [2.45, 2.75) is 71.7 Å². The fourth-order valence-corrected chi connectivity index (χ4v) is 3.95. The van der Waals surface area contributed by atoms with Gasteiger partial charge in [-0.3, -0.25) is 14.4 Å². The zero-order chi connectivity index (χ0) is 29.2. The molecule has 10 heteroatoms. The maximum Gasteiger partial charge on any atom is 0.408 e. The maximum atomic E-state index is 13.9. The lowest BCUT2D eigenvalue weighted by Crippen LogP contribution is -2.53. The predicted octanol–water partition coefficient (Wildman–Crippen LogP) is 3.17. The zero-order valence-electron chi connectivity index (χ0n) is 23.1. The van der Waals surface area contributed by atoms with Gasteiger partial charge in [0.25, 0.3) is 0 Å². The number of carbonyl (C=O) groups is 4. The van der Waals surface area contributed by atoms with Gasteiger partial charge >= 0.3 is 6.09 Å². The number of hydrogen-bond donors (Lipinski definition) is 3. The summed E-state index contributed by atoms with van der Waals surface area (Å²) in [6, 6.07) is 14.3. The summed E-state index contributed by atoms with van der Waals surface area (Å²) in [5, 5.41) is 15.0. The minimum Gasteiger partial charge on any atom is -0.444 e. The molecule has 0 saturated carbocycles. The van der Waals surface area contributed by atoms with Crippen molar-refractivity contribution in [2.75, 3.05) is 6.54 Å². The van der Waals surface area contributed by atoms with Gasteiger partial charge in [-0.05, 0) is 57.7 Å². The molecule has 2 unspecified atom stereocenters. The fraction of sp³-hybridized carbons (Fsp3) is 0.414. The highest BCUT2D eigenvalue weighted by atomic mass is 16.6. The molecule has 4 N–H and O–H groups in total. The van der Waals surface area contributed by atoms with E-state index in [1.807, 2.05) is 62.4 Å². The van der Waals surface area contributed by atoms with Crippen LogP contribution in [0.15, 0.2) is 48.5 Å². The number of nitrogens with two attached hydrogens (primary N) is 1. The first-order valence-electron chi connectivity index (χ1n) is 12.7. The summed E-state index contributed by atoms with van der Waals surface area (Å²) < 4.78 is 5.30. The van der Waals surface area contributed by atoms with E-state index < -0.39 is 48.0 Å². The van der Waals surface area contributed by atoms with Gasteiger partial charge in [-0.25, -0.2) is 4.79 Å². The molecule has 0 spiro atoms. The van der Waals surface area contributed by atoms with Crippen LogP contribution in [0, 0.1) is 25.2 Å². The molecular formula is C29H37N5O5. The SMILES string of the molecule is Cc1ccc(C)c(C(C(=O)NCc2ccccc2)N(CC#N)C(=O)C(CCC(N)=O)NC(=O)OC(C)(C)C)c1. The molecule has 0 aliphatic heterocycles. The highest BCUT2D eigenvalue weighted by molar-refractivity contribution is 5.92. The second-order valence-electron chi connectivity index (χ2n) is 10.3. The molecule has 4 amide bonds. The maximum absolute atomic E-state index is 13.9. The summed E-state index contributed by atoms with van der Waals surface area (Å²) in [4.78, 5) is 52.8. The van der Waals surface area contributed by atoms with Crippen molar-refractivity contribution < 1.29 is 23.9 Å². The number of carbonyl (C=O) groups excluding carboxylic acids is 4. The third-order valence-corrected chi connectivity index (χ3v) is 5.79. The number of hydrogen-bond acceptors (Lipinski definition) is 6. The molecule has 10 nitrogen and oxygen atoms in total. The van der Waals surface area contributed by atoms with E-state index in [4.69, 9.17) is 10.5 Å². The van der Waals surface area contributed by atoms with Crippen LogP contribution < -0.4 is 16.4 Å². The minimum atomic E-state index is -1.27. The fourth-order valence-electron chi connectivity index (χ4n) is 3.95. The number of nitrogens with one attached hydrogen (secondary N) is 2. The molecule has 2 atom stereocenters. The second-order valence-corrected chi connectivity index (χ2v) is 10.3. The Balaban J connectivity index is 2.50. The Hall–Kier alpha value is -4.39. The van der Waals surface area contributed by atoms with E-state index in [0.29, 0.717) is 5.56 Å². The van der Waals surface area contributed by atoms with Crippen LogP contribution in [-0.2, 0) is 25.7 Å². The summed E-state index contributed by atoms with van der Waals surface area (Å²) in [5.74, 6) is -1.89. The first-order chi connectivity index (χ1) is 18.3. The number of alkyl carbamates (subject to hydrolysis) is 1. The molecule has 208 valence electrons. The van der Waals surface area contributed by atoms with Crippen LogP contribution in [0.4, 0.5) is 4.79 Å². The van der Waals surface area contributed by atoms with Gasteiger partial charge in [0.05, 0.1) is 6.07 Å². The standard InChI is InChI=1S/C29H37N5O5/c1-19-11-12-20(2)22(17-19)25(26(36)32-18-21-9-7-6-8-10-21)34(16-15-30)27(37)23(13-14-24(31)35)33-28(38)39-29(3,4)5/h6-12,17,23,25H,13-14,16,18H2,1-5H3,(H2,31,35)(H,32,36)(H,33,38). The number of aryl methyl sites for hydroxylation is 2. The summed E-state index contributed by atoms with van der Waals surface area (Å²) >= 11 is 0. The Labute approximate surface area is 229 Å². The van der Waals surface area contributed by atoms with Gasteiger partial charge in [0.2, 0.25) is 17.7 Å². The van der Waals surface area contributed by atoms with Gasteiger partial charge in [-0.2, -0.15) is 5.26 Å². The Morgan fingerprint density at radius 1 is 1.08 bits per heavy atom. The third kappa shape index (κ3) is 9.78. The van der Waals surface area contributed by atoms with Crippen molar-refractivity contribution in [3.05, 3.63) is 70.8 Å². The van der Waals surface area contributed by atoms with Gasteiger partial charge in [0.15, 0.2) is 0 Å². The highest BCUT2D eigenvalue weighted by Crippen LogP contribution is 2.27. The van der Waals surface area contributed by atoms with Gasteiger partial charge in [-0.1, -0.05) is 54.1 Å². The smallest absolute Gasteiger partial charge is 0.408 e. The van der Waals surface area contributed by atoms with Crippen LogP contribution in [0.2, 0.25) is 0 Å². The van der Waals surface area contributed by atoms with Crippen molar-refractivity contribution in [3.8, 4) is 6.07 Å². The van der Waals surface area contributed by atoms with E-state index in [-0.39, 0.29) is 19.4 Å². The molecule has 0 bridgehead atoms. The van der Waals surface area contributed by atoms with Crippen LogP contribution >= 0.6 is 0 Å². The highest BCUT2D eigenvalue weighted by Gasteiger charge is 2.37. The molecule has 0 aliphatic rings. The quantitative estimate of drug-likeness (QED) is 0.376. The molecule has 2 aromatic rings. The summed E-state index contributed by atoms with van der Waals surface area (Å²) in [7, 11) is 0. The van der Waals surface area contributed by atoms with E-state index in [2.05, 4.69) is 10.6 Å². The Kier molecular flexibility index (Phi) is 11.0. The predicted molar refractivity (Wildman–Crippen MR) is 146 cm³/mol. The molecule has 0 heterocycles. The topological polar surface area (TPSA) is 155 Å². The number of primary amides is 1. The van der Waals surface area contributed by atoms with E-state index in [0.717, 1.165) is 21.6 Å². The first-order valence-corrected chi connectivity index (χ1v) is 12.7. The lowest BCUT2D eigenvalue weighted by atomic mass is 9.95. The number of rotatable bonds is 11. The van der Waals surface area contributed by atoms with Crippen molar-refractivity contribution in [1.29, 1.82) is 5.26 Å². The molecule has 0 radical (unpaired) electrons. The van der Waals surface area contributed by atoms with Crippen LogP contribution in [0.25, 0.3) is 0 Å². The average molecular weight is 536 g/mol. The van der Waals surface area contributed by atoms with E-state index in [1.165, 1.54) is 0 Å². The Bertz CT molecular complexity index is 1220. The van der Waals surface area contributed by atoms with Gasteiger partial charge in [-0.15, -0.1) is 0 Å². The van der Waals surface area contributed by atoms with Crippen LogP contribution in [0.1, 0.15) is 61.9 Å². The van der Waals surface area contributed by atoms with E-state index >= 15 is 0 Å². The van der Waals surface area contributed by atoms with Crippen LogP contribution in [0.5, 0.6) is 0 Å². The number of amides is 4. The second kappa shape index (κ2) is 14.0. The normalized spacial score (nSPS) is 12.4. The average Bonchev–Trinajstić information content (AvgIpc) is 2.86. The summed E-state index contributed by atoms with van der Waals surface area (Å²) in [5.41, 5.74) is 7.47. The number of ether oxygens (including phenoxy) is 1. The minimum absolute atomic E-state index is 0.138. The molecule has 0 fully saturated rings. The molecule has 2 rings (SSSR count). The van der Waals surface area contributed by atoms with Gasteiger partial charge in [0.1, 0.15) is 24.2 Å². The van der Waals surface area contributed by atoms with Gasteiger partial charge < -0.3 is 26.0 Å². The van der Waals surface area contributed by atoms with E-state index in [1.54, 1.807) is 26.8 Å². The van der Waals surface area contributed by atoms with Crippen molar-refractivity contribution in [2.24, 2.45) is 5.73 Å². The number of nitriles is 1. The van der Waals surface area contributed by atoms with Gasteiger partial charge in [0, 0.05) is 13.0 Å². The molecule has 0 saturated heterocycles. The van der Waals surface area contributed by atoms with Crippen molar-refractivity contribution in [1.82, 2.24) is 15.5 Å². The van der Waals surface area contributed by atoms with Crippen molar-refractivity contribution in [3.63, 3.8) is 0 Å². The largest absolute Gasteiger partial charge is 0.444 e. The summed E-state index contributed by atoms with van der Waals surface area (Å²) in [6.07, 6.45) is -1.22. The number of nitrogens with zero attached hydrogens (tertiary/aromatic N) is 2. The summed E-state index contributed by atoms with van der Waals surface area (Å²) in [6.45, 7) is 8.44. The Morgan fingerprint density at radius 2 is 1.74 bits per heavy atom. The molecule has 2 aromatic carbocycles. The van der Waals surface area contributed by atoms with E-state index in [9.17, 15) is 24.4 Å².